The molecule has 0 atom stereocenters. The summed E-state index contributed by atoms with van der Waals surface area (Å²) in [6.07, 6.45) is 0. The Morgan fingerprint density at radius 3 is 2.76 bits per heavy atom. The highest BCUT2D eigenvalue weighted by Gasteiger charge is 2.04. The zero-order valence-electron chi connectivity index (χ0n) is 12.2. The van der Waals surface area contributed by atoms with Crippen molar-refractivity contribution in [3.8, 4) is 0 Å². The molecule has 108 valence electrons. The van der Waals surface area contributed by atoms with Gasteiger partial charge in [0, 0.05) is 19.3 Å². The average Bonchev–Trinajstić information content (AvgIpc) is 2.86. The molecule has 0 spiro atoms. The first kappa shape index (κ1) is 14.0. The van der Waals surface area contributed by atoms with E-state index in [1.54, 1.807) is 18.4 Å². The second-order valence-electron chi connectivity index (χ2n) is 4.97. The minimum atomic E-state index is 0.644. The first-order valence-electron chi connectivity index (χ1n) is 6.93. The molecule has 0 saturated carbocycles. The molecule has 21 heavy (non-hydrogen) atoms. The average molecular weight is 298 g/mol. The molecule has 0 amide bonds. The fourth-order valence-electron chi connectivity index (χ4n) is 2.37. The predicted molar refractivity (Wildman–Crippen MR) is 88.8 cm³/mol. The Hall–Kier alpha value is -1.91. The highest BCUT2D eigenvalue weighted by atomic mass is 32.1. The van der Waals surface area contributed by atoms with Crippen LogP contribution >= 0.6 is 11.3 Å². The fourth-order valence-corrected chi connectivity index (χ4v) is 3.24. The number of nitrogens with one attached hydrogen (secondary N) is 1. The molecule has 3 nitrogen and oxygen atoms in total. The number of aromatic nitrogens is 1. The van der Waals surface area contributed by atoms with Crippen molar-refractivity contribution in [1.82, 2.24) is 4.98 Å². The normalized spacial score (nSPS) is 11.0. The van der Waals surface area contributed by atoms with Gasteiger partial charge in [0.1, 0.15) is 0 Å². The molecule has 1 N–H and O–H groups in total. The summed E-state index contributed by atoms with van der Waals surface area (Å²) in [6.45, 7) is 3.48. The fraction of sp³-hybridized carbons (Fsp3) is 0.235. The number of nitrogens with zero attached hydrogens (tertiary/aromatic N) is 1. The zero-order chi connectivity index (χ0) is 14.7. The van der Waals surface area contributed by atoms with Gasteiger partial charge >= 0.3 is 0 Å². The van der Waals surface area contributed by atoms with Crippen LogP contribution in [0.25, 0.3) is 10.2 Å². The third kappa shape index (κ3) is 3.23. The maximum absolute atomic E-state index is 5.25. The molecule has 0 saturated heterocycles. The quantitative estimate of drug-likeness (QED) is 0.760. The second-order valence-corrected chi connectivity index (χ2v) is 6.21. The van der Waals surface area contributed by atoms with Gasteiger partial charge in [-0.15, -0.1) is 11.3 Å². The Labute approximate surface area is 128 Å². The van der Waals surface area contributed by atoms with Crippen molar-refractivity contribution in [1.29, 1.82) is 0 Å². The van der Waals surface area contributed by atoms with E-state index in [2.05, 4.69) is 46.7 Å². The van der Waals surface area contributed by atoms with Crippen molar-refractivity contribution in [2.75, 3.05) is 12.4 Å². The van der Waals surface area contributed by atoms with Crippen molar-refractivity contribution in [2.24, 2.45) is 0 Å². The van der Waals surface area contributed by atoms with Crippen LogP contribution in [-0.4, -0.2) is 12.1 Å². The minimum Gasteiger partial charge on any atom is -0.381 e. The number of hydrogen-bond acceptors (Lipinski definition) is 4. The molecule has 0 radical (unpaired) electrons. The van der Waals surface area contributed by atoms with E-state index < -0.39 is 0 Å². The third-order valence-electron chi connectivity index (χ3n) is 3.40. The van der Waals surface area contributed by atoms with Crippen molar-refractivity contribution in [3.63, 3.8) is 0 Å². The summed E-state index contributed by atoms with van der Waals surface area (Å²) in [4.78, 5) is 4.49. The van der Waals surface area contributed by atoms with E-state index in [0.29, 0.717) is 6.61 Å². The van der Waals surface area contributed by atoms with Crippen LogP contribution in [-0.2, 0) is 17.9 Å². The van der Waals surface area contributed by atoms with Gasteiger partial charge < -0.3 is 10.1 Å². The van der Waals surface area contributed by atoms with Gasteiger partial charge in [-0.05, 0) is 36.2 Å². The number of hydrogen-bond donors (Lipinski definition) is 1. The van der Waals surface area contributed by atoms with Gasteiger partial charge in [0.15, 0.2) is 0 Å². The van der Waals surface area contributed by atoms with Crippen LogP contribution in [0.3, 0.4) is 0 Å². The lowest BCUT2D eigenvalue weighted by Crippen LogP contribution is -2.03. The molecule has 1 aromatic heterocycles. The number of rotatable bonds is 5. The number of ether oxygens (including phenoxy) is 1. The van der Waals surface area contributed by atoms with Gasteiger partial charge in [-0.3, -0.25) is 0 Å². The molecule has 0 bridgehead atoms. The van der Waals surface area contributed by atoms with Gasteiger partial charge in [0.25, 0.3) is 0 Å². The Morgan fingerprint density at radius 1 is 1.14 bits per heavy atom. The molecule has 0 unspecified atom stereocenters. The summed E-state index contributed by atoms with van der Waals surface area (Å²) in [6, 6.07) is 14.7. The number of anilines is 1. The molecule has 3 rings (SSSR count). The van der Waals surface area contributed by atoms with Crippen LogP contribution in [0.2, 0.25) is 0 Å². The van der Waals surface area contributed by atoms with E-state index in [-0.39, 0.29) is 0 Å². The van der Waals surface area contributed by atoms with Gasteiger partial charge in [0.05, 0.1) is 21.8 Å². The lowest BCUT2D eigenvalue weighted by Gasteiger charge is -2.11. The molecule has 2 aromatic carbocycles. The number of aryl methyl sites for hydroxylation is 1. The minimum absolute atomic E-state index is 0.644. The number of methoxy groups -OCH3 is 1. The standard InChI is InChI=1S/C17H18N2OS/c1-12-19-16-8-7-15(9-17(16)21-12)18-10-13-5-3-4-6-14(13)11-20-2/h3-9,18H,10-11H2,1-2H3. The molecule has 0 aliphatic carbocycles. The largest absolute Gasteiger partial charge is 0.381 e. The first-order chi connectivity index (χ1) is 10.3. The Kier molecular flexibility index (Phi) is 4.18. The SMILES string of the molecule is COCc1ccccc1CNc1ccc2nc(C)sc2c1. The molecule has 1 heterocycles. The van der Waals surface area contributed by atoms with Gasteiger partial charge in [0.2, 0.25) is 0 Å². The molecular formula is C17H18N2OS. The van der Waals surface area contributed by atoms with Crippen LogP contribution in [0, 0.1) is 6.92 Å². The van der Waals surface area contributed by atoms with Crippen molar-refractivity contribution in [2.45, 2.75) is 20.1 Å². The maximum atomic E-state index is 5.25. The molecule has 3 aromatic rings. The molecule has 0 aliphatic rings. The van der Waals surface area contributed by atoms with Gasteiger partial charge in [-0.1, -0.05) is 24.3 Å². The van der Waals surface area contributed by atoms with Gasteiger partial charge in [-0.2, -0.15) is 0 Å². The van der Waals surface area contributed by atoms with Crippen molar-refractivity contribution < 1.29 is 4.74 Å². The van der Waals surface area contributed by atoms with E-state index in [1.165, 1.54) is 15.8 Å². The summed E-state index contributed by atoms with van der Waals surface area (Å²) in [5.41, 5.74) is 4.68. The first-order valence-corrected chi connectivity index (χ1v) is 7.74. The number of fused-ring (bicyclic) bond motifs is 1. The molecular weight excluding hydrogens is 280 g/mol. The third-order valence-corrected chi connectivity index (χ3v) is 4.33. The Morgan fingerprint density at radius 2 is 1.95 bits per heavy atom. The van der Waals surface area contributed by atoms with Crippen LogP contribution in [0.4, 0.5) is 5.69 Å². The monoisotopic (exact) mass is 298 g/mol. The van der Waals surface area contributed by atoms with Crippen molar-refractivity contribution in [3.05, 3.63) is 58.6 Å². The highest BCUT2D eigenvalue weighted by molar-refractivity contribution is 7.18. The molecule has 0 aliphatic heterocycles. The van der Waals surface area contributed by atoms with Gasteiger partial charge in [-0.25, -0.2) is 4.98 Å². The van der Waals surface area contributed by atoms with E-state index in [1.807, 2.05) is 13.0 Å². The number of thiazole rings is 1. The van der Waals surface area contributed by atoms with E-state index in [4.69, 9.17) is 4.74 Å². The van der Waals surface area contributed by atoms with Crippen LogP contribution in [0.1, 0.15) is 16.1 Å². The smallest absolute Gasteiger partial charge is 0.0907 e. The van der Waals surface area contributed by atoms with E-state index in [9.17, 15) is 0 Å². The summed E-state index contributed by atoms with van der Waals surface area (Å²) >= 11 is 1.73. The molecule has 0 fully saturated rings. The highest BCUT2D eigenvalue weighted by Crippen LogP contribution is 2.25. The van der Waals surface area contributed by atoms with Crippen LogP contribution in [0.5, 0.6) is 0 Å². The summed E-state index contributed by atoms with van der Waals surface area (Å²) in [5, 5.41) is 4.59. The van der Waals surface area contributed by atoms with Crippen LogP contribution < -0.4 is 5.32 Å². The maximum Gasteiger partial charge on any atom is 0.0907 e. The summed E-state index contributed by atoms with van der Waals surface area (Å²) < 4.78 is 6.47. The summed E-state index contributed by atoms with van der Waals surface area (Å²) in [7, 11) is 1.73. The Balaban J connectivity index is 1.76. The zero-order valence-corrected chi connectivity index (χ0v) is 13.0. The number of benzene rings is 2. The molecule has 4 heteroatoms. The second kappa shape index (κ2) is 6.24. The van der Waals surface area contributed by atoms with Crippen LogP contribution in [0.15, 0.2) is 42.5 Å². The lowest BCUT2D eigenvalue weighted by molar-refractivity contribution is 0.184. The topological polar surface area (TPSA) is 34.1 Å². The Bertz CT molecular complexity index is 751. The van der Waals surface area contributed by atoms with Crippen molar-refractivity contribution >= 4 is 27.2 Å². The van der Waals surface area contributed by atoms with E-state index >= 15 is 0 Å². The predicted octanol–water partition coefficient (Wildman–Crippen LogP) is 4.36. The summed E-state index contributed by atoms with van der Waals surface area (Å²) in [5.74, 6) is 0. The lowest BCUT2D eigenvalue weighted by atomic mass is 10.1. The van der Waals surface area contributed by atoms with E-state index in [0.717, 1.165) is 22.8 Å².